The van der Waals surface area contributed by atoms with Crippen molar-refractivity contribution in [2.75, 3.05) is 25.0 Å². The number of likely N-dealkylation sites (tertiary alicyclic amines) is 1. The molecule has 1 saturated heterocycles. The fourth-order valence-electron chi connectivity index (χ4n) is 2.78. The Bertz CT molecular complexity index is 422. The number of nitrogens with one attached hydrogen (secondary N) is 1. The molecule has 0 amide bonds. The second-order valence-corrected chi connectivity index (χ2v) is 5.75. The van der Waals surface area contributed by atoms with Crippen LogP contribution in [-0.2, 0) is 0 Å². The summed E-state index contributed by atoms with van der Waals surface area (Å²) in [6.07, 6.45) is 4.08. The van der Waals surface area contributed by atoms with Gasteiger partial charge in [0, 0.05) is 18.2 Å². The number of aromatic nitrogens is 2. The predicted molar refractivity (Wildman–Crippen MR) is 79.9 cm³/mol. The van der Waals surface area contributed by atoms with E-state index in [-0.39, 0.29) is 0 Å². The molecule has 4 nitrogen and oxygen atoms in total. The Kier molecular flexibility index (Phi) is 4.99. The zero-order valence-electron chi connectivity index (χ0n) is 12.0. The van der Waals surface area contributed by atoms with Crippen LogP contribution in [0.5, 0.6) is 0 Å². The summed E-state index contributed by atoms with van der Waals surface area (Å²) in [5, 5.41) is 4.03. The minimum Gasteiger partial charge on any atom is -0.368 e. The Balaban J connectivity index is 2.05. The molecule has 19 heavy (non-hydrogen) atoms. The average Bonchev–Trinajstić information content (AvgIpc) is 2.83. The van der Waals surface area contributed by atoms with E-state index < -0.39 is 0 Å². The van der Waals surface area contributed by atoms with Crippen LogP contribution in [0, 0.1) is 0 Å². The SMILES string of the molecule is CCN1CCCC1CNc1ncnc(Cl)c1C(C)C. The summed E-state index contributed by atoms with van der Waals surface area (Å²) in [6, 6.07) is 0.610. The zero-order chi connectivity index (χ0) is 13.8. The van der Waals surface area contributed by atoms with E-state index in [4.69, 9.17) is 11.6 Å². The smallest absolute Gasteiger partial charge is 0.138 e. The summed E-state index contributed by atoms with van der Waals surface area (Å²) in [5.74, 6) is 1.21. The first-order valence-corrected chi connectivity index (χ1v) is 7.49. The van der Waals surface area contributed by atoms with Gasteiger partial charge in [-0.25, -0.2) is 9.97 Å². The van der Waals surface area contributed by atoms with Crippen molar-refractivity contribution < 1.29 is 0 Å². The molecule has 5 heteroatoms. The van der Waals surface area contributed by atoms with Crippen LogP contribution in [0.25, 0.3) is 0 Å². The number of nitrogens with zero attached hydrogens (tertiary/aromatic N) is 3. The maximum atomic E-state index is 6.17. The molecule has 1 aliphatic rings. The Hall–Kier alpha value is -0.870. The van der Waals surface area contributed by atoms with Crippen LogP contribution in [-0.4, -0.2) is 40.5 Å². The van der Waals surface area contributed by atoms with Gasteiger partial charge in [-0.15, -0.1) is 0 Å². The highest BCUT2D eigenvalue weighted by molar-refractivity contribution is 6.30. The third-order valence-corrected chi connectivity index (χ3v) is 4.12. The van der Waals surface area contributed by atoms with Crippen molar-refractivity contribution in [2.24, 2.45) is 0 Å². The van der Waals surface area contributed by atoms with Crippen molar-refractivity contribution in [2.45, 2.75) is 45.6 Å². The first kappa shape index (κ1) is 14.5. The minimum absolute atomic E-state index is 0.321. The van der Waals surface area contributed by atoms with Crippen LogP contribution in [0.4, 0.5) is 5.82 Å². The average molecular weight is 283 g/mol. The van der Waals surface area contributed by atoms with E-state index in [2.05, 4.69) is 41.0 Å². The number of halogens is 1. The first-order valence-electron chi connectivity index (χ1n) is 7.11. The highest BCUT2D eigenvalue weighted by atomic mass is 35.5. The zero-order valence-corrected chi connectivity index (χ0v) is 12.7. The quantitative estimate of drug-likeness (QED) is 0.843. The Morgan fingerprint density at radius 3 is 2.95 bits per heavy atom. The molecule has 1 unspecified atom stereocenters. The van der Waals surface area contributed by atoms with Gasteiger partial charge >= 0.3 is 0 Å². The fraction of sp³-hybridized carbons (Fsp3) is 0.714. The van der Waals surface area contributed by atoms with E-state index in [0.29, 0.717) is 17.1 Å². The van der Waals surface area contributed by atoms with E-state index in [9.17, 15) is 0 Å². The van der Waals surface area contributed by atoms with Gasteiger partial charge < -0.3 is 5.32 Å². The molecule has 0 aliphatic carbocycles. The summed E-state index contributed by atoms with van der Waals surface area (Å²) in [4.78, 5) is 10.9. The topological polar surface area (TPSA) is 41.0 Å². The lowest BCUT2D eigenvalue weighted by atomic mass is 10.1. The third-order valence-electron chi connectivity index (χ3n) is 3.82. The second kappa shape index (κ2) is 6.53. The highest BCUT2D eigenvalue weighted by Gasteiger charge is 2.23. The van der Waals surface area contributed by atoms with Crippen LogP contribution in [0.3, 0.4) is 0 Å². The van der Waals surface area contributed by atoms with Crippen LogP contribution in [0.1, 0.15) is 45.1 Å². The summed E-state index contributed by atoms with van der Waals surface area (Å²) in [7, 11) is 0. The number of rotatable bonds is 5. The first-order chi connectivity index (χ1) is 9.13. The van der Waals surface area contributed by atoms with Gasteiger partial charge in [0.15, 0.2) is 0 Å². The van der Waals surface area contributed by atoms with Gasteiger partial charge in [0.1, 0.15) is 17.3 Å². The lowest BCUT2D eigenvalue weighted by Gasteiger charge is -2.24. The summed E-state index contributed by atoms with van der Waals surface area (Å²) in [5.41, 5.74) is 1.02. The molecule has 1 aliphatic heterocycles. The van der Waals surface area contributed by atoms with Crippen molar-refractivity contribution in [3.05, 3.63) is 17.0 Å². The van der Waals surface area contributed by atoms with Crippen molar-refractivity contribution in [1.82, 2.24) is 14.9 Å². The molecule has 0 spiro atoms. The molecule has 0 aromatic carbocycles. The summed E-state index contributed by atoms with van der Waals surface area (Å²) in [6.45, 7) is 9.71. The molecule has 1 fully saturated rings. The van der Waals surface area contributed by atoms with Gasteiger partial charge in [0.2, 0.25) is 0 Å². The maximum absolute atomic E-state index is 6.17. The Morgan fingerprint density at radius 1 is 1.47 bits per heavy atom. The molecular formula is C14H23ClN4. The van der Waals surface area contributed by atoms with Crippen LogP contribution >= 0.6 is 11.6 Å². The molecule has 2 heterocycles. The normalized spacial score (nSPS) is 20.2. The van der Waals surface area contributed by atoms with Gasteiger partial charge in [0.25, 0.3) is 0 Å². The molecule has 1 atom stereocenters. The largest absolute Gasteiger partial charge is 0.368 e. The Morgan fingerprint density at radius 2 is 2.26 bits per heavy atom. The number of anilines is 1. The third kappa shape index (κ3) is 3.37. The molecule has 0 bridgehead atoms. The monoisotopic (exact) mass is 282 g/mol. The van der Waals surface area contributed by atoms with E-state index in [1.54, 1.807) is 0 Å². The van der Waals surface area contributed by atoms with Gasteiger partial charge in [-0.2, -0.15) is 0 Å². The highest BCUT2D eigenvalue weighted by Crippen LogP contribution is 2.28. The van der Waals surface area contributed by atoms with E-state index in [1.165, 1.54) is 25.7 Å². The van der Waals surface area contributed by atoms with E-state index in [1.807, 2.05) is 0 Å². The second-order valence-electron chi connectivity index (χ2n) is 5.39. The van der Waals surface area contributed by atoms with Crippen LogP contribution in [0.2, 0.25) is 5.15 Å². The molecule has 0 radical (unpaired) electrons. The Labute approximate surface area is 120 Å². The van der Waals surface area contributed by atoms with E-state index in [0.717, 1.165) is 24.5 Å². The number of hydrogen-bond donors (Lipinski definition) is 1. The number of hydrogen-bond acceptors (Lipinski definition) is 4. The lowest BCUT2D eigenvalue weighted by Crippen LogP contribution is -2.35. The molecule has 1 N–H and O–H groups in total. The molecule has 2 rings (SSSR count). The fourth-order valence-corrected chi connectivity index (χ4v) is 3.14. The molecule has 0 saturated carbocycles. The number of likely N-dealkylation sites (N-methyl/N-ethyl adjacent to an activating group) is 1. The standard InChI is InChI=1S/C14H23ClN4/c1-4-19-7-5-6-11(19)8-16-14-12(10(2)3)13(15)17-9-18-14/h9-11H,4-8H2,1-3H3,(H,16,17,18). The molecule has 1 aromatic heterocycles. The van der Waals surface area contributed by atoms with Gasteiger partial charge in [-0.05, 0) is 31.8 Å². The van der Waals surface area contributed by atoms with Crippen LogP contribution in [0.15, 0.2) is 6.33 Å². The van der Waals surface area contributed by atoms with Gasteiger partial charge in [0.05, 0.1) is 0 Å². The van der Waals surface area contributed by atoms with Gasteiger partial charge in [-0.3, -0.25) is 4.90 Å². The summed E-state index contributed by atoms with van der Waals surface area (Å²) < 4.78 is 0. The van der Waals surface area contributed by atoms with Crippen molar-refractivity contribution in [3.8, 4) is 0 Å². The molecule has 1 aromatic rings. The minimum atomic E-state index is 0.321. The summed E-state index contributed by atoms with van der Waals surface area (Å²) >= 11 is 6.17. The van der Waals surface area contributed by atoms with Crippen molar-refractivity contribution in [1.29, 1.82) is 0 Å². The predicted octanol–water partition coefficient (Wildman–Crippen LogP) is 3.15. The lowest BCUT2D eigenvalue weighted by molar-refractivity contribution is 0.277. The van der Waals surface area contributed by atoms with Gasteiger partial charge in [-0.1, -0.05) is 32.4 Å². The van der Waals surface area contributed by atoms with E-state index >= 15 is 0 Å². The molecular weight excluding hydrogens is 260 g/mol. The molecule has 106 valence electrons. The maximum Gasteiger partial charge on any atom is 0.138 e. The van der Waals surface area contributed by atoms with Crippen LogP contribution < -0.4 is 5.32 Å². The van der Waals surface area contributed by atoms with Crippen molar-refractivity contribution >= 4 is 17.4 Å². The van der Waals surface area contributed by atoms with Crippen molar-refractivity contribution in [3.63, 3.8) is 0 Å².